The second kappa shape index (κ2) is 8.42. The average Bonchev–Trinajstić information content (AvgIpc) is 3.54. The lowest BCUT2D eigenvalue weighted by molar-refractivity contribution is 0.150. The van der Waals surface area contributed by atoms with Gasteiger partial charge in [0.15, 0.2) is 9.84 Å². The van der Waals surface area contributed by atoms with Crippen LogP contribution in [-0.4, -0.2) is 57.5 Å². The molecule has 1 saturated heterocycles. The Labute approximate surface area is 179 Å². The Hall–Kier alpha value is -1.74. The fourth-order valence-corrected chi connectivity index (χ4v) is 7.81. The Balaban J connectivity index is 1.54. The first-order valence-electron chi connectivity index (χ1n) is 10.4. The van der Waals surface area contributed by atoms with Crippen molar-refractivity contribution in [3.63, 3.8) is 0 Å². The Morgan fingerprint density at radius 1 is 0.800 bits per heavy atom. The van der Waals surface area contributed by atoms with Gasteiger partial charge >= 0.3 is 0 Å². The van der Waals surface area contributed by atoms with E-state index < -0.39 is 19.9 Å². The number of hydrogen-bond acceptors (Lipinski definition) is 5. The van der Waals surface area contributed by atoms with E-state index in [1.54, 1.807) is 16.4 Å². The molecule has 0 unspecified atom stereocenters. The van der Waals surface area contributed by atoms with E-state index in [0.29, 0.717) is 0 Å². The highest BCUT2D eigenvalue weighted by Crippen LogP contribution is 2.38. The molecule has 162 valence electrons. The zero-order valence-electron chi connectivity index (χ0n) is 17.1. The van der Waals surface area contributed by atoms with Gasteiger partial charge in [-0.05, 0) is 43.4 Å². The summed E-state index contributed by atoms with van der Waals surface area (Å²) < 4.78 is 53.2. The van der Waals surface area contributed by atoms with Crippen LogP contribution in [-0.2, 0) is 26.4 Å². The maximum absolute atomic E-state index is 13.6. The third kappa shape index (κ3) is 4.61. The fourth-order valence-electron chi connectivity index (χ4n) is 4.28. The molecule has 1 heterocycles. The largest absolute Gasteiger partial charge is 0.299 e. The molecular weight excluding hydrogens is 420 g/mol. The maximum Gasteiger partial charge on any atom is 0.244 e. The van der Waals surface area contributed by atoms with Gasteiger partial charge in [0, 0.05) is 38.0 Å². The summed E-state index contributed by atoms with van der Waals surface area (Å²) >= 11 is 0. The smallest absolute Gasteiger partial charge is 0.244 e. The van der Waals surface area contributed by atoms with Crippen LogP contribution in [0.5, 0.6) is 0 Å². The van der Waals surface area contributed by atoms with E-state index in [9.17, 15) is 16.8 Å². The molecule has 2 aliphatic rings. The van der Waals surface area contributed by atoms with Gasteiger partial charge in [0.2, 0.25) is 10.0 Å². The van der Waals surface area contributed by atoms with Crippen LogP contribution in [0.25, 0.3) is 0 Å². The van der Waals surface area contributed by atoms with Crippen molar-refractivity contribution in [2.75, 3.05) is 19.3 Å². The average molecular weight is 449 g/mol. The molecule has 1 aliphatic heterocycles. The molecule has 0 aromatic heterocycles. The Kier molecular flexibility index (Phi) is 6.03. The fraction of sp³-hybridized carbons (Fsp3) is 0.455. The SMILES string of the molecule is CS(=O)(=O)c1ccccc1S(=O)(=O)N(C1CC1)C1CCN(Cc2ccccc2)CC1. The Bertz CT molecular complexity index is 1090. The van der Waals surface area contributed by atoms with Gasteiger partial charge in [-0.15, -0.1) is 0 Å². The quantitative estimate of drug-likeness (QED) is 0.651. The van der Waals surface area contributed by atoms with E-state index in [-0.39, 0.29) is 21.9 Å². The molecule has 0 bridgehead atoms. The molecular formula is C22H28N2O4S2. The number of hydrogen-bond donors (Lipinski definition) is 0. The van der Waals surface area contributed by atoms with Crippen LogP contribution in [0.4, 0.5) is 0 Å². The van der Waals surface area contributed by atoms with Crippen LogP contribution in [0.2, 0.25) is 0 Å². The Morgan fingerprint density at radius 3 is 1.90 bits per heavy atom. The molecule has 30 heavy (non-hydrogen) atoms. The van der Waals surface area contributed by atoms with Crippen molar-refractivity contribution in [3.8, 4) is 0 Å². The third-order valence-corrected chi connectivity index (χ3v) is 9.22. The van der Waals surface area contributed by atoms with Crippen LogP contribution in [0.3, 0.4) is 0 Å². The summed E-state index contributed by atoms with van der Waals surface area (Å²) in [6, 6.07) is 16.1. The molecule has 0 N–H and O–H groups in total. The summed E-state index contributed by atoms with van der Waals surface area (Å²) in [7, 11) is -7.54. The van der Waals surface area contributed by atoms with Crippen LogP contribution < -0.4 is 0 Å². The lowest BCUT2D eigenvalue weighted by Crippen LogP contribution is -2.48. The van der Waals surface area contributed by atoms with Crippen molar-refractivity contribution in [2.45, 2.75) is 54.1 Å². The monoisotopic (exact) mass is 448 g/mol. The van der Waals surface area contributed by atoms with Crippen molar-refractivity contribution >= 4 is 19.9 Å². The van der Waals surface area contributed by atoms with Crippen LogP contribution in [0.15, 0.2) is 64.4 Å². The second-order valence-corrected chi connectivity index (χ2v) is 12.1. The van der Waals surface area contributed by atoms with E-state index in [2.05, 4.69) is 17.0 Å². The van der Waals surface area contributed by atoms with E-state index in [1.807, 2.05) is 18.2 Å². The Morgan fingerprint density at radius 2 is 1.33 bits per heavy atom. The molecule has 0 spiro atoms. The number of likely N-dealkylation sites (tertiary alicyclic amines) is 1. The van der Waals surface area contributed by atoms with Crippen LogP contribution in [0, 0.1) is 0 Å². The van der Waals surface area contributed by atoms with E-state index in [1.165, 1.54) is 17.7 Å². The van der Waals surface area contributed by atoms with Crippen molar-refractivity contribution in [3.05, 3.63) is 60.2 Å². The highest BCUT2D eigenvalue weighted by atomic mass is 32.2. The van der Waals surface area contributed by atoms with Gasteiger partial charge in [-0.1, -0.05) is 42.5 Å². The van der Waals surface area contributed by atoms with Crippen LogP contribution in [0.1, 0.15) is 31.2 Å². The number of benzene rings is 2. The van der Waals surface area contributed by atoms with Gasteiger partial charge in [0.05, 0.1) is 4.90 Å². The summed E-state index contributed by atoms with van der Waals surface area (Å²) in [6.07, 6.45) is 4.24. The lowest BCUT2D eigenvalue weighted by atomic mass is 10.0. The normalized spacial score (nSPS) is 19.3. The standard InChI is InChI=1S/C22H28N2O4S2/c1-29(25,26)21-9-5-6-10-22(21)30(27,28)24(19-11-12-19)20-13-15-23(16-14-20)17-18-7-3-2-4-8-18/h2-10,19-20H,11-17H2,1H3. The molecule has 0 radical (unpaired) electrons. The molecule has 8 heteroatoms. The summed E-state index contributed by atoms with van der Waals surface area (Å²) in [4.78, 5) is 2.15. The molecule has 2 fully saturated rings. The van der Waals surface area contributed by atoms with Gasteiger partial charge in [0.25, 0.3) is 0 Å². The minimum absolute atomic E-state index is 0.0201. The van der Waals surface area contributed by atoms with Crippen molar-refractivity contribution in [1.82, 2.24) is 9.21 Å². The molecule has 0 amide bonds. The molecule has 2 aromatic carbocycles. The number of nitrogens with zero attached hydrogens (tertiary/aromatic N) is 2. The third-order valence-electron chi connectivity index (χ3n) is 5.88. The van der Waals surface area contributed by atoms with Crippen molar-refractivity contribution in [2.24, 2.45) is 0 Å². The second-order valence-electron chi connectivity index (χ2n) is 8.28. The summed E-state index contributed by atoms with van der Waals surface area (Å²) in [6.45, 7) is 2.51. The highest BCUT2D eigenvalue weighted by molar-refractivity contribution is 7.93. The van der Waals surface area contributed by atoms with Crippen LogP contribution >= 0.6 is 0 Å². The van der Waals surface area contributed by atoms with Gasteiger partial charge in [0.1, 0.15) is 4.90 Å². The first kappa shape index (κ1) is 21.5. The first-order valence-corrected chi connectivity index (χ1v) is 13.7. The molecule has 1 saturated carbocycles. The highest BCUT2D eigenvalue weighted by Gasteiger charge is 2.44. The minimum atomic E-state index is -3.89. The topological polar surface area (TPSA) is 74.8 Å². The van der Waals surface area contributed by atoms with Gasteiger partial charge < -0.3 is 0 Å². The summed E-state index contributed by atoms with van der Waals surface area (Å²) in [5.74, 6) is 0. The van der Waals surface area contributed by atoms with Gasteiger partial charge in [-0.25, -0.2) is 16.8 Å². The molecule has 0 atom stereocenters. The number of rotatable bonds is 7. The van der Waals surface area contributed by atoms with E-state index in [0.717, 1.165) is 51.6 Å². The predicted molar refractivity (Wildman–Crippen MR) is 116 cm³/mol. The summed E-state index contributed by atoms with van der Waals surface area (Å²) in [5, 5.41) is 0. The minimum Gasteiger partial charge on any atom is -0.299 e. The van der Waals surface area contributed by atoms with E-state index in [4.69, 9.17) is 0 Å². The van der Waals surface area contributed by atoms with E-state index >= 15 is 0 Å². The summed E-state index contributed by atoms with van der Waals surface area (Å²) in [5.41, 5.74) is 1.25. The molecule has 6 nitrogen and oxygen atoms in total. The number of sulfonamides is 1. The zero-order chi connectivity index (χ0) is 21.4. The molecule has 4 rings (SSSR count). The molecule has 2 aromatic rings. The number of piperidine rings is 1. The first-order chi connectivity index (χ1) is 14.3. The molecule has 1 aliphatic carbocycles. The van der Waals surface area contributed by atoms with Crippen molar-refractivity contribution < 1.29 is 16.8 Å². The van der Waals surface area contributed by atoms with Gasteiger partial charge in [-0.3, -0.25) is 4.90 Å². The van der Waals surface area contributed by atoms with Gasteiger partial charge in [-0.2, -0.15) is 4.31 Å². The zero-order valence-corrected chi connectivity index (χ0v) is 18.8. The predicted octanol–water partition coefficient (Wildman–Crippen LogP) is 2.91. The number of sulfone groups is 1. The van der Waals surface area contributed by atoms with Crippen molar-refractivity contribution in [1.29, 1.82) is 0 Å². The lowest BCUT2D eigenvalue weighted by Gasteiger charge is -2.38. The maximum atomic E-state index is 13.6.